The summed E-state index contributed by atoms with van der Waals surface area (Å²) in [5, 5.41) is 3.85. The van der Waals surface area contributed by atoms with Crippen LogP contribution in [0.4, 0.5) is 5.82 Å². The van der Waals surface area contributed by atoms with E-state index >= 15 is 0 Å². The summed E-state index contributed by atoms with van der Waals surface area (Å²) in [6, 6.07) is 2.36. The fraction of sp³-hybridized carbons (Fsp3) is 0.375. The molecule has 66 valence electrons. The first-order valence-corrected chi connectivity index (χ1v) is 4.70. The van der Waals surface area contributed by atoms with E-state index in [1.807, 2.05) is 0 Å². The molecule has 0 spiro atoms. The van der Waals surface area contributed by atoms with Crippen LogP contribution in [-0.4, -0.2) is 40.6 Å². The van der Waals surface area contributed by atoms with Gasteiger partial charge < -0.3 is 5.32 Å². The molecule has 1 N–H and O–H groups in total. The number of nitrogens with one attached hydrogen (secondary N) is 1. The first-order chi connectivity index (χ1) is 5.77. The minimum atomic E-state index is 0. The molecule has 0 saturated heterocycles. The van der Waals surface area contributed by atoms with Crippen LogP contribution in [0, 0.1) is 0 Å². The Kier molecular flexibility index (Phi) is 4.39. The number of rotatable bonds is 2. The van der Waals surface area contributed by atoms with Crippen LogP contribution in [-0.2, 0) is 0 Å². The van der Waals surface area contributed by atoms with Gasteiger partial charge in [-0.1, -0.05) is 11.6 Å². The molecule has 5 heteroatoms. The van der Waals surface area contributed by atoms with Crippen molar-refractivity contribution in [2.45, 2.75) is 23.8 Å². The van der Waals surface area contributed by atoms with E-state index in [2.05, 4.69) is 22.9 Å². The van der Waals surface area contributed by atoms with E-state index in [0.717, 1.165) is 10.7 Å². The van der Waals surface area contributed by atoms with E-state index in [1.54, 1.807) is 12.3 Å². The number of hydrogen-bond acceptors (Lipinski definition) is 3. The van der Waals surface area contributed by atoms with Crippen LogP contribution in [0.25, 0.3) is 0 Å². The van der Waals surface area contributed by atoms with Crippen molar-refractivity contribution in [1.82, 2.24) is 4.98 Å². The van der Waals surface area contributed by atoms with E-state index < -0.39 is 0 Å². The zero-order valence-corrected chi connectivity index (χ0v) is 8.07. The average molecular weight is 225 g/mol. The standard InChI is InChI=1S/C8H9ClN2S.Na.H/c9-7-6(12)3-4-10-8(7)11-5-1-2-5;;/h3-5H,1-2H2,(H2,10,11,12);;. The summed E-state index contributed by atoms with van der Waals surface area (Å²) in [7, 11) is 0. The van der Waals surface area contributed by atoms with Gasteiger partial charge in [-0.2, -0.15) is 0 Å². The number of hydrogen-bond donors (Lipinski definition) is 2. The number of nitrogens with zero attached hydrogens (tertiary/aromatic N) is 1. The van der Waals surface area contributed by atoms with Crippen molar-refractivity contribution in [2.24, 2.45) is 0 Å². The number of thiol groups is 1. The molecular formula is C8H10ClN2NaS. The van der Waals surface area contributed by atoms with Crippen molar-refractivity contribution < 1.29 is 0 Å². The fourth-order valence-electron chi connectivity index (χ4n) is 0.955. The Hall–Kier alpha value is 0.590. The van der Waals surface area contributed by atoms with Crippen molar-refractivity contribution in [3.63, 3.8) is 0 Å². The van der Waals surface area contributed by atoms with Gasteiger partial charge in [0.1, 0.15) is 5.82 Å². The van der Waals surface area contributed by atoms with Crippen LogP contribution in [0.3, 0.4) is 0 Å². The quantitative estimate of drug-likeness (QED) is 0.593. The summed E-state index contributed by atoms with van der Waals surface area (Å²) < 4.78 is 0. The van der Waals surface area contributed by atoms with Crippen LogP contribution < -0.4 is 5.32 Å². The summed E-state index contributed by atoms with van der Waals surface area (Å²) >= 11 is 10.2. The molecular weight excluding hydrogens is 215 g/mol. The molecule has 2 rings (SSSR count). The topological polar surface area (TPSA) is 24.9 Å². The number of halogens is 1. The maximum atomic E-state index is 5.96. The predicted octanol–water partition coefficient (Wildman–Crippen LogP) is 1.95. The summed E-state index contributed by atoms with van der Waals surface area (Å²) in [5.74, 6) is 0.756. The summed E-state index contributed by atoms with van der Waals surface area (Å²) in [6.45, 7) is 0. The van der Waals surface area contributed by atoms with Crippen LogP contribution in [0.2, 0.25) is 5.02 Å². The van der Waals surface area contributed by atoms with Crippen molar-refractivity contribution in [2.75, 3.05) is 5.32 Å². The molecule has 0 unspecified atom stereocenters. The van der Waals surface area contributed by atoms with Crippen molar-refractivity contribution >= 4 is 59.6 Å². The third-order valence-corrected chi connectivity index (χ3v) is 2.67. The van der Waals surface area contributed by atoms with Crippen LogP contribution in [0.15, 0.2) is 17.2 Å². The Bertz CT molecular complexity index is 304. The second kappa shape index (κ2) is 4.89. The predicted molar refractivity (Wildman–Crippen MR) is 60.3 cm³/mol. The van der Waals surface area contributed by atoms with Crippen molar-refractivity contribution in [3.05, 3.63) is 17.3 Å². The van der Waals surface area contributed by atoms with Gasteiger partial charge >= 0.3 is 29.6 Å². The van der Waals surface area contributed by atoms with Gasteiger partial charge in [0.05, 0.1) is 5.02 Å². The zero-order valence-electron chi connectivity index (χ0n) is 6.42. The Morgan fingerprint density at radius 1 is 1.54 bits per heavy atom. The third kappa shape index (κ3) is 3.03. The zero-order chi connectivity index (χ0) is 8.55. The molecule has 13 heavy (non-hydrogen) atoms. The normalized spacial score (nSPS) is 14.9. The van der Waals surface area contributed by atoms with Crippen LogP contribution in [0.5, 0.6) is 0 Å². The molecule has 0 aliphatic heterocycles. The molecule has 0 atom stereocenters. The minimum absolute atomic E-state index is 0. The van der Waals surface area contributed by atoms with Gasteiger partial charge in [0.25, 0.3) is 0 Å². The molecule has 0 bridgehead atoms. The molecule has 1 aliphatic rings. The Labute approximate surface area is 110 Å². The van der Waals surface area contributed by atoms with Gasteiger partial charge in [0.15, 0.2) is 0 Å². The Morgan fingerprint density at radius 2 is 2.23 bits per heavy atom. The molecule has 0 amide bonds. The van der Waals surface area contributed by atoms with E-state index in [4.69, 9.17) is 11.6 Å². The van der Waals surface area contributed by atoms with Gasteiger partial charge in [-0.15, -0.1) is 12.6 Å². The van der Waals surface area contributed by atoms with Crippen molar-refractivity contribution in [3.8, 4) is 0 Å². The van der Waals surface area contributed by atoms with Gasteiger partial charge in [-0.05, 0) is 18.9 Å². The van der Waals surface area contributed by atoms with Gasteiger partial charge in [-0.3, -0.25) is 0 Å². The van der Waals surface area contributed by atoms with Gasteiger partial charge in [-0.25, -0.2) is 4.98 Å². The second-order valence-corrected chi connectivity index (χ2v) is 3.77. The molecule has 2 nitrogen and oxygen atoms in total. The SMILES string of the molecule is Sc1ccnc(NC2CC2)c1Cl.[NaH]. The number of pyridine rings is 1. The Morgan fingerprint density at radius 3 is 2.85 bits per heavy atom. The summed E-state index contributed by atoms with van der Waals surface area (Å²) in [5.41, 5.74) is 0. The average Bonchev–Trinajstić information content (AvgIpc) is 2.83. The molecule has 1 heterocycles. The molecule has 0 aromatic carbocycles. The molecule has 1 aromatic heterocycles. The van der Waals surface area contributed by atoms with Crippen LogP contribution >= 0.6 is 24.2 Å². The maximum absolute atomic E-state index is 5.96. The van der Waals surface area contributed by atoms with Gasteiger partial charge in [0.2, 0.25) is 0 Å². The third-order valence-electron chi connectivity index (χ3n) is 1.79. The molecule has 1 aliphatic carbocycles. The Balaban J connectivity index is 0.000000845. The number of aromatic nitrogens is 1. The first kappa shape index (κ1) is 11.7. The number of anilines is 1. The van der Waals surface area contributed by atoms with E-state index in [1.165, 1.54) is 12.8 Å². The molecule has 1 fully saturated rings. The van der Waals surface area contributed by atoms with Crippen LogP contribution in [0.1, 0.15) is 12.8 Å². The molecule has 1 aromatic rings. The summed E-state index contributed by atoms with van der Waals surface area (Å²) in [6.07, 6.45) is 4.14. The molecule has 1 saturated carbocycles. The van der Waals surface area contributed by atoms with Crippen molar-refractivity contribution in [1.29, 1.82) is 0 Å². The van der Waals surface area contributed by atoms with E-state index in [0.29, 0.717) is 11.1 Å². The fourth-order valence-corrected chi connectivity index (χ4v) is 1.29. The first-order valence-electron chi connectivity index (χ1n) is 3.87. The summed E-state index contributed by atoms with van der Waals surface area (Å²) in [4.78, 5) is 4.90. The van der Waals surface area contributed by atoms with E-state index in [-0.39, 0.29) is 29.6 Å². The van der Waals surface area contributed by atoms with Gasteiger partial charge in [0, 0.05) is 17.1 Å². The molecule has 0 radical (unpaired) electrons. The monoisotopic (exact) mass is 224 g/mol. The second-order valence-electron chi connectivity index (χ2n) is 2.91. The van der Waals surface area contributed by atoms with E-state index in [9.17, 15) is 0 Å².